The van der Waals surface area contributed by atoms with Gasteiger partial charge in [0.25, 0.3) is 0 Å². The highest BCUT2D eigenvalue weighted by Crippen LogP contribution is 2.65. The van der Waals surface area contributed by atoms with Crippen LogP contribution in [0.5, 0.6) is 0 Å². The van der Waals surface area contributed by atoms with Crippen molar-refractivity contribution in [3.63, 3.8) is 0 Å². The van der Waals surface area contributed by atoms with E-state index in [0.29, 0.717) is 105 Å². The van der Waals surface area contributed by atoms with Gasteiger partial charge in [-0.3, -0.25) is 9.59 Å². The van der Waals surface area contributed by atoms with Crippen LogP contribution in [0.25, 0.3) is 0 Å². The van der Waals surface area contributed by atoms with Gasteiger partial charge in [-0.25, -0.2) is 16.7 Å². The molecule has 6 saturated carbocycles. The molecule has 12 atom stereocenters. The normalized spacial score (nSPS) is 44.0. The molecule has 0 spiro atoms. The first-order valence-corrected chi connectivity index (χ1v) is 24.2. The second-order valence-electron chi connectivity index (χ2n) is 19.8. The Hall–Kier alpha value is -1.44. The third kappa shape index (κ3) is 7.20. The van der Waals surface area contributed by atoms with Crippen LogP contribution in [0.4, 0.5) is 0 Å². The molecule has 0 aromatic heterocycles. The lowest BCUT2D eigenvalue weighted by Crippen LogP contribution is -2.50. The molecule has 308 valence electrons. The molecule has 0 amide bonds. The standard InChI is InChI=1S/C43H64O10S2/c1-40-20-16-30(26-28(40)8-10-32-34-12-14-38(44)42(34,3)22-18-36(32)40)52-54(46,47)50-24-6-5-7-25-51-55(48,49)53-31-17-21-41(2)29(27-31)9-11-33-35-13-15-39(45)43(35,4)23-19-37(33)41/h8-9,30-37H,5-7,10-27H2,1-4H3/t30-,31-,32?,33?,34?,35?,36?,37?,40-,41-,42-,43-/m0/s1. The fraction of sp³-hybridized carbons (Fsp3) is 0.860. The first-order chi connectivity index (χ1) is 26.0. The molecule has 8 aliphatic rings. The van der Waals surface area contributed by atoms with Crippen molar-refractivity contribution in [1.82, 2.24) is 0 Å². The molecule has 0 aliphatic heterocycles. The molecule has 0 radical (unpaired) electrons. The molecular formula is C43H64O10S2. The van der Waals surface area contributed by atoms with Crippen LogP contribution in [-0.4, -0.2) is 53.8 Å². The fourth-order valence-electron chi connectivity index (χ4n) is 14.1. The van der Waals surface area contributed by atoms with Crippen molar-refractivity contribution >= 4 is 32.4 Å². The highest BCUT2D eigenvalue weighted by Gasteiger charge is 2.60. The van der Waals surface area contributed by atoms with Gasteiger partial charge in [-0.15, -0.1) is 0 Å². The van der Waals surface area contributed by atoms with E-state index in [0.717, 1.165) is 64.2 Å². The molecule has 12 heteroatoms. The zero-order valence-electron chi connectivity index (χ0n) is 33.5. The van der Waals surface area contributed by atoms with E-state index in [9.17, 15) is 26.4 Å². The molecule has 0 N–H and O–H groups in total. The van der Waals surface area contributed by atoms with Crippen molar-refractivity contribution in [2.45, 2.75) is 162 Å². The van der Waals surface area contributed by atoms with Crippen LogP contribution in [0.3, 0.4) is 0 Å². The summed E-state index contributed by atoms with van der Waals surface area (Å²) in [6.45, 7) is 8.97. The molecule has 8 aliphatic carbocycles. The second-order valence-corrected chi connectivity index (χ2v) is 22.3. The number of allylic oxidation sites excluding steroid dienone is 2. The number of Topliss-reactive ketones (excluding diaryl/α,β-unsaturated/α-hetero) is 2. The van der Waals surface area contributed by atoms with Crippen molar-refractivity contribution in [2.24, 2.45) is 57.2 Å². The average molecular weight is 805 g/mol. The minimum absolute atomic E-state index is 0.0209. The molecule has 0 bridgehead atoms. The van der Waals surface area contributed by atoms with E-state index in [4.69, 9.17) is 16.7 Å². The number of carbonyl (C=O) groups excluding carboxylic acids is 2. The maximum Gasteiger partial charge on any atom is 0.400 e. The summed E-state index contributed by atoms with van der Waals surface area (Å²) in [6.07, 6.45) is 18.7. The van der Waals surface area contributed by atoms with Gasteiger partial charge >= 0.3 is 20.8 Å². The lowest BCUT2D eigenvalue weighted by molar-refractivity contribution is -0.132. The quantitative estimate of drug-likeness (QED) is 0.139. The van der Waals surface area contributed by atoms with E-state index < -0.39 is 33.0 Å². The number of rotatable bonds is 12. The maximum absolute atomic E-state index is 12.8. The van der Waals surface area contributed by atoms with Crippen LogP contribution in [0.2, 0.25) is 0 Å². The molecule has 0 aromatic carbocycles. The number of carbonyl (C=O) groups is 2. The third-order valence-corrected chi connectivity index (χ3v) is 19.2. The molecule has 0 saturated heterocycles. The number of hydrogen-bond acceptors (Lipinski definition) is 10. The zero-order chi connectivity index (χ0) is 39.0. The minimum atomic E-state index is -4.18. The summed E-state index contributed by atoms with van der Waals surface area (Å²) in [7, 11) is -8.36. The minimum Gasteiger partial charge on any atom is -0.299 e. The van der Waals surface area contributed by atoms with Gasteiger partial charge < -0.3 is 0 Å². The Kier molecular flexibility index (Phi) is 10.8. The van der Waals surface area contributed by atoms with Gasteiger partial charge in [0.1, 0.15) is 11.6 Å². The number of hydrogen-bond donors (Lipinski definition) is 0. The Bertz CT molecular complexity index is 1690. The van der Waals surface area contributed by atoms with Crippen molar-refractivity contribution in [3.8, 4) is 0 Å². The predicted octanol–water partition coefficient (Wildman–Crippen LogP) is 8.51. The predicted molar refractivity (Wildman–Crippen MR) is 207 cm³/mol. The van der Waals surface area contributed by atoms with Gasteiger partial charge in [-0.05, 0) is 155 Å². The fourth-order valence-corrected chi connectivity index (χ4v) is 15.8. The summed E-state index contributed by atoms with van der Waals surface area (Å²) in [6, 6.07) is 0. The molecular weight excluding hydrogens is 741 g/mol. The summed E-state index contributed by atoms with van der Waals surface area (Å²) in [5, 5.41) is 0. The topological polar surface area (TPSA) is 139 Å². The van der Waals surface area contributed by atoms with Crippen LogP contribution in [0.15, 0.2) is 23.3 Å². The maximum atomic E-state index is 12.8. The van der Waals surface area contributed by atoms with Crippen molar-refractivity contribution in [1.29, 1.82) is 0 Å². The Morgan fingerprint density at radius 3 is 1.35 bits per heavy atom. The molecule has 0 aromatic rings. The van der Waals surface area contributed by atoms with Crippen LogP contribution in [0, 0.1) is 57.2 Å². The highest BCUT2D eigenvalue weighted by molar-refractivity contribution is 7.82. The van der Waals surface area contributed by atoms with Crippen molar-refractivity contribution in [2.75, 3.05) is 13.2 Å². The largest absolute Gasteiger partial charge is 0.400 e. The van der Waals surface area contributed by atoms with Gasteiger partial charge in [-0.2, -0.15) is 16.8 Å². The van der Waals surface area contributed by atoms with E-state index in [1.807, 2.05) is 0 Å². The van der Waals surface area contributed by atoms with Crippen LogP contribution in [0.1, 0.15) is 150 Å². The second kappa shape index (κ2) is 14.7. The summed E-state index contributed by atoms with van der Waals surface area (Å²) in [5.41, 5.74) is 2.31. The third-order valence-electron chi connectivity index (χ3n) is 17.3. The smallest absolute Gasteiger partial charge is 0.299 e. The van der Waals surface area contributed by atoms with Gasteiger partial charge in [0.2, 0.25) is 0 Å². The summed E-state index contributed by atoms with van der Waals surface area (Å²) in [4.78, 5) is 25.5. The van der Waals surface area contributed by atoms with E-state index >= 15 is 0 Å². The monoisotopic (exact) mass is 804 g/mol. The lowest BCUT2D eigenvalue weighted by Gasteiger charge is -2.56. The van der Waals surface area contributed by atoms with Crippen molar-refractivity contribution in [3.05, 3.63) is 23.3 Å². The number of unbranched alkanes of at least 4 members (excludes halogenated alkanes) is 2. The van der Waals surface area contributed by atoms with Gasteiger partial charge in [0, 0.05) is 23.7 Å². The van der Waals surface area contributed by atoms with Gasteiger partial charge in [-0.1, -0.05) is 51.0 Å². The summed E-state index contributed by atoms with van der Waals surface area (Å²) >= 11 is 0. The van der Waals surface area contributed by atoms with Crippen LogP contribution in [-0.2, 0) is 47.1 Å². The Morgan fingerprint density at radius 1 is 0.545 bits per heavy atom. The van der Waals surface area contributed by atoms with E-state index in [-0.39, 0.29) is 34.9 Å². The lowest BCUT2D eigenvalue weighted by atomic mass is 9.48. The highest BCUT2D eigenvalue weighted by atomic mass is 32.3. The first-order valence-electron chi connectivity index (χ1n) is 21.6. The average Bonchev–Trinajstić information content (AvgIpc) is 3.61. The Labute approximate surface area is 330 Å². The molecule has 6 unspecified atom stereocenters. The molecule has 6 fully saturated rings. The van der Waals surface area contributed by atoms with Gasteiger partial charge in [0.15, 0.2) is 0 Å². The Morgan fingerprint density at radius 2 is 0.927 bits per heavy atom. The SMILES string of the molecule is C[C@]12CC[C@H](OS(=O)(=O)OCCCCCOS(=O)(=O)O[C@H]3CC[C@@]4(C)C(=CCC5C4CC[C@]4(C)C(=O)CCC54)C3)CC1=CCC1C2CC[C@]2(C)C(=O)CCC12. The van der Waals surface area contributed by atoms with E-state index in [2.05, 4.69) is 39.8 Å². The summed E-state index contributed by atoms with van der Waals surface area (Å²) in [5.74, 6) is 3.90. The number of ketones is 2. The van der Waals surface area contributed by atoms with Crippen molar-refractivity contribution < 1.29 is 43.2 Å². The van der Waals surface area contributed by atoms with E-state index in [1.165, 1.54) is 11.1 Å². The number of fused-ring (bicyclic) bond motifs is 10. The zero-order valence-corrected chi connectivity index (χ0v) is 35.2. The molecule has 8 rings (SSSR count). The summed E-state index contributed by atoms with van der Waals surface area (Å²) < 4.78 is 72.7. The Balaban J connectivity index is 0.737. The van der Waals surface area contributed by atoms with Crippen LogP contribution < -0.4 is 0 Å². The molecule has 0 heterocycles. The first kappa shape index (κ1) is 40.3. The van der Waals surface area contributed by atoms with E-state index in [1.54, 1.807) is 0 Å². The molecule has 55 heavy (non-hydrogen) atoms. The van der Waals surface area contributed by atoms with Crippen LogP contribution >= 0.6 is 0 Å². The molecule has 10 nitrogen and oxygen atoms in total. The van der Waals surface area contributed by atoms with Gasteiger partial charge in [0.05, 0.1) is 25.4 Å².